The van der Waals surface area contributed by atoms with E-state index in [1.54, 1.807) is 0 Å². The Kier molecular flexibility index (Phi) is 5.16. The van der Waals surface area contributed by atoms with Gasteiger partial charge in [0.15, 0.2) is 0 Å². The van der Waals surface area contributed by atoms with Crippen LogP contribution in [0.1, 0.15) is 32.6 Å². The van der Waals surface area contributed by atoms with E-state index in [0.717, 1.165) is 31.5 Å². The van der Waals surface area contributed by atoms with Crippen molar-refractivity contribution in [2.75, 3.05) is 18.4 Å². The maximum Gasteiger partial charge on any atom is 0.229 e. The zero-order valence-corrected chi connectivity index (χ0v) is 12.0. The van der Waals surface area contributed by atoms with Crippen LogP contribution < -0.4 is 5.32 Å². The summed E-state index contributed by atoms with van der Waals surface area (Å²) in [5.74, 6) is 0.0969. The van der Waals surface area contributed by atoms with Crippen LogP contribution in [0.25, 0.3) is 0 Å². The maximum absolute atomic E-state index is 12.2. The summed E-state index contributed by atoms with van der Waals surface area (Å²) in [6, 6.07) is 9.46. The summed E-state index contributed by atoms with van der Waals surface area (Å²) < 4.78 is 0. The lowest BCUT2D eigenvalue weighted by atomic mass is 9.96. The molecule has 0 unspecified atom stereocenters. The van der Waals surface area contributed by atoms with E-state index in [2.05, 4.69) is 5.32 Å². The zero-order valence-electron chi connectivity index (χ0n) is 12.0. The maximum atomic E-state index is 12.2. The van der Waals surface area contributed by atoms with Crippen molar-refractivity contribution in [3.05, 3.63) is 30.3 Å². The fourth-order valence-electron chi connectivity index (χ4n) is 2.56. The Balaban J connectivity index is 1.91. The van der Waals surface area contributed by atoms with Crippen molar-refractivity contribution in [3.63, 3.8) is 0 Å². The second kappa shape index (κ2) is 7.08. The first kappa shape index (κ1) is 14.6. The van der Waals surface area contributed by atoms with Gasteiger partial charge in [0.05, 0.1) is 5.92 Å². The van der Waals surface area contributed by atoms with Crippen LogP contribution in [-0.4, -0.2) is 29.8 Å². The number of nitrogens with one attached hydrogen (secondary N) is 1. The molecule has 2 rings (SSSR count). The van der Waals surface area contributed by atoms with Gasteiger partial charge in [-0.1, -0.05) is 25.1 Å². The molecule has 1 saturated heterocycles. The molecule has 2 amide bonds. The minimum Gasteiger partial charge on any atom is -0.342 e. The molecule has 1 aromatic carbocycles. The Morgan fingerprint density at radius 3 is 2.75 bits per heavy atom. The zero-order chi connectivity index (χ0) is 14.4. The third kappa shape index (κ3) is 3.83. The predicted molar refractivity (Wildman–Crippen MR) is 79.3 cm³/mol. The molecule has 1 heterocycles. The average Bonchev–Trinajstić information content (AvgIpc) is 2.48. The van der Waals surface area contributed by atoms with Gasteiger partial charge in [0, 0.05) is 25.2 Å². The molecule has 1 aliphatic rings. The lowest BCUT2D eigenvalue weighted by Crippen LogP contribution is -2.43. The van der Waals surface area contributed by atoms with Crippen molar-refractivity contribution in [1.82, 2.24) is 4.90 Å². The first-order valence-corrected chi connectivity index (χ1v) is 7.34. The lowest BCUT2D eigenvalue weighted by molar-refractivity contribution is -0.134. The van der Waals surface area contributed by atoms with Gasteiger partial charge in [-0.2, -0.15) is 0 Å². The number of rotatable bonds is 4. The smallest absolute Gasteiger partial charge is 0.229 e. The number of amides is 2. The third-order valence-corrected chi connectivity index (χ3v) is 3.65. The highest BCUT2D eigenvalue weighted by Crippen LogP contribution is 2.19. The van der Waals surface area contributed by atoms with Crippen molar-refractivity contribution < 1.29 is 9.59 Å². The molecule has 108 valence electrons. The standard InChI is InChI=1S/C16H22N2O2/c1-2-7-15(19)18-11-6-8-13(12-18)16(20)17-14-9-4-3-5-10-14/h3-5,9-10,13H,2,6-8,11-12H2,1H3,(H,17,20)/t13-/m0/s1. The molecular formula is C16H22N2O2. The highest BCUT2D eigenvalue weighted by Gasteiger charge is 2.27. The average molecular weight is 274 g/mol. The molecule has 4 heteroatoms. The molecule has 0 bridgehead atoms. The molecule has 1 aromatic rings. The minimum absolute atomic E-state index is 0.0187. The van der Waals surface area contributed by atoms with Crippen molar-refractivity contribution >= 4 is 17.5 Å². The number of anilines is 1. The van der Waals surface area contributed by atoms with Crippen LogP contribution >= 0.6 is 0 Å². The molecule has 0 saturated carbocycles. The molecule has 20 heavy (non-hydrogen) atoms. The topological polar surface area (TPSA) is 49.4 Å². The van der Waals surface area contributed by atoms with Gasteiger partial charge >= 0.3 is 0 Å². The summed E-state index contributed by atoms with van der Waals surface area (Å²) in [7, 11) is 0. The molecule has 0 spiro atoms. The van der Waals surface area contributed by atoms with Crippen molar-refractivity contribution in [2.24, 2.45) is 5.92 Å². The van der Waals surface area contributed by atoms with E-state index in [1.807, 2.05) is 42.2 Å². The van der Waals surface area contributed by atoms with Gasteiger partial charge in [0.1, 0.15) is 0 Å². The van der Waals surface area contributed by atoms with E-state index in [1.165, 1.54) is 0 Å². The lowest BCUT2D eigenvalue weighted by Gasteiger charge is -2.32. The first-order chi connectivity index (χ1) is 9.70. The van der Waals surface area contributed by atoms with E-state index in [9.17, 15) is 9.59 Å². The van der Waals surface area contributed by atoms with Crippen molar-refractivity contribution in [1.29, 1.82) is 0 Å². The van der Waals surface area contributed by atoms with Crippen molar-refractivity contribution in [2.45, 2.75) is 32.6 Å². The van der Waals surface area contributed by atoms with E-state index >= 15 is 0 Å². The Bertz CT molecular complexity index is 459. The number of benzene rings is 1. The molecular weight excluding hydrogens is 252 g/mol. The van der Waals surface area contributed by atoms with E-state index < -0.39 is 0 Å². The third-order valence-electron chi connectivity index (χ3n) is 3.65. The van der Waals surface area contributed by atoms with Gasteiger partial charge in [-0.25, -0.2) is 0 Å². The van der Waals surface area contributed by atoms with Gasteiger partial charge in [0.25, 0.3) is 0 Å². The molecule has 0 aliphatic carbocycles. The van der Waals surface area contributed by atoms with Gasteiger partial charge in [-0.3, -0.25) is 9.59 Å². The van der Waals surface area contributed by atoms with Crippen LogP contribution in [0.5, 0.6) is 0 Å². The van der Waals surface area contributed by atoms with E-state index in [0.29, 0.717) is 13.0 Å². The number of para-hydroxylation sites is 1. The van der Waals surface area contributed by atoms with E-state index in [4.69, 9.17) is 0 Å². The van der Waals surface area contributed by atoms with Crippen LogP contribution in [0, 0.1) is 5.92 Å². The summed E-state index contributed by atoms with van der Waals surface area (Å²) in [5, 5.41) is 2.93. The van der Waals surface area contributed by atoms with Crippen LogP contribution in [0.15, 0.2) is 30.3 Å². The Labute approximate surface area is 120 Å². The summed E-state index contributed by atoms with van der Waals surface area (Å²) in [6.45, 7) is 3.34. The number of hydrogen-bond acceptors (Lipinski definition) is 2. The number of carbonyl (C=O) groups is 2. The van der Waals surface area contributed by atoms with Crippen molar-refractivity contribution in [3.8, 4) is 0 Å². The molecule has 0 radical (unpaired) electrons. The summed E-state index contributed by atoms with van der Waals surface area (Å²) in [4.78, 5) is 26.0. The largest absolute Gasteiger partial charge is 0.342 e. The molecule has 0 aromatic heterocycles. The van der Waals surface area contributed by atoms with E-state index in [-0.39, 0.29) is 17.7 Å². The number of piperidine rings is 1. The van der Waals surface area contributed by atoms with Crippen LogP contribution in [0.3, 0.4) is 0 Å². The molecule has 1 N–H and O–H groups in total. The second-order valence-electron chi connectivity index (χ2n) is 5.28. The highest BCUT2D eigenvalue weighted by atomic mass is 16.2. The fourth-order valence-corrected chi connectivity index (χ4v) is 2.56. The summed E-state index contributed by atoms with van der Waals surface area (Å²) in [6.07, 6.45) is 3.19. The molecule has 1 fully saturated rings. The Hall–Kier alpha value is -1.84. The number of likely N-dealkylation sites (tertiary alicyclic amines) is 1. The van der Waals surface area contributed by atoms with Crippen LogP contribution in [0.4, 0.5) is 5.69 Å². The van der Waals surface area contributed by atoms with Gasteiger partial charge in [0.2, 0.25) is 11.8 Å². The van der Waals surface area contributed by atoms with Gasteiger partial charge in [-0.15, -0.1) is 0 Å². The Morgan fingerprint density at radius 2 is 2.05 bits per heavy atom. The summed E-state index contributed by atoms with van der Waals surface area (Å²) >= 11 is 0. The minimum atomic E-state index is -0.0928. The highest BCUT2D eigenvalue weighted by molar-refractivity contribution is 5.93. The summed E-state index contributed by atoms with van der Waals surface area (Å²) in [5.41, 5.74) is 0.814. The predicted octanol–water partition coefficient (Wildman–Crippen LogP) is 2.66. The number of nitrogens with zero attached hydrogens (tertiary/aromatic N) is 1. The molecule has 4 nitrogen and oxygen atoms in total. The van der Waals surface area contributed by atoms with Gasteiger partial charge in [-0.05, 0) is 31.4 Å². The monoisotopic (exact) mass is 274 g/mol. The first-order valence-electron chi connectivity index (χ1n) is 7.34. The number of carbonyl (C=O) groups excluding carboxylic acids is 2. The number of hydrogen-bond donors (Lipinski definition) is 1. The second-order valence-corrected chi connectivity index (χ2v) is 5.28. The molecule has 1 aliphatic heterocycles. The SMILES string of the molecule is CCCC(=O)N1CCC[C@H](C(=O)Nc2ccccc2)C1. The molecule has 1 atom stereocenters. The quantitative estimate of drug-likeness (QED) is 0.917. The fraction of sp³-hybridized carbons (Fsp3) is 0.500. The Morgan fingerprint density at radius 1 is 1.30 bits per heavy atom. The normalized spacial score (nSPS) is 18.6. The van der Waals surface area contributed by atoms with Crippen LogP contribution in [0.2, 0.25) is 0 Å². The van der Waals surface area contributed by atoms with Crippen LogP contribution in [-0.2, 0) is 9.59 Å². The van der Waals surface area contributed by atoms with Gasteiger partial charge < -0.3 is 10.2 Å².